The molecule has 1 aliphatic carbocycles. The lowest BCUT2D eigenvalue weighted by Crippen LogP contribution is -2.40. The summed E-state index contributed by atoms with van der Waals surface area (Å²) in [5.74, 6) is -0.395. The quantitative estimate of drug-likeness (QED) is 0.394. The van der Waals surface area contributed by atoms with E-state index >= 15 is 0 Å². The van der Waals surface area contributed by atoms with Crippen LogP contribution in [-0.2, 0) is 4.79 Å². The van der Waals surface area contributed by atoms with Crippen LogP contribution in [-0.4, -0.2) is 56.2 Å². The fourth-order valence-electron chi connectivity index (χ4n) is 5.01. The first-order chi connectivity index (χ1) is 19.6. The van der Waals surface area contributed by atoms with Crippen LogP contribution in [0.3, 0.4) is 0 Å². The number of methoxy groups -OCH3 is 1. The normalized spacial score (nSPS) is 17.1. The molecule has 4 rings (SSSR count). The second kappa shape index (κ2) is 13.1. The van der Waals surface area contributed by atoms with Gasteiger partial charge in [0, 0.05) is 48.6 Å². The maximum absolute atomic E-state index is 13.5. The van der Waals surface area contributed by atoms with Gasteiger partial charge in [-0.15, -0.1) is 0 Å². The number of halogens is 4. The van der Waals surface area contributed by atoms with Crippen molar-refractivity contribution in [2.75, 3.05) is 33.3 Å². The fourth-order valence-corrected chi connectivity index (χ4v) is 5.01. The number of alkyl halides is 3. The molecule has 2 aromatic rings. The minimum Gasteiger partial charge on any atom is -0.496 e. The molecule has 0 spiro atoms. The summed E-state index contributed by atoms with van der Waals surface area (Å²) in [6.45, 7) is 2.30. The molecular weight excluding hydrogens is 538 g/mol. The predicted octanol–water partition coefficient (Wildman–Crippen LogP) is 5.78. The molecule has 2 aromatic carbocycles. The van der Waals surface area contributed by atoms with Gasteiger partial charge in [-0.25, -0.2) is 4.39 Å². The average Bonchev–Trinajstić information content (AvgIpc) is 2.96. The van der Waals surface area contributed by atoms with Crippen molar-refractivity contribution in [1.29, 1.82) is 0 Å². The van der Waals surface area contributed by atoms with Crippen LogP contribution in [0.1, 0.15) is 36.5 Å². The molecule has 2 amide bonds. The van der Waals surface area contributed by atoms with Crippen LogP contribution in [0.2, 0.25) is 0 Å². The minimum atomic E-state index is -4.46. The number of carbonyl (C=O) groups excluding carboxylic acids is 2. The van der Waals surface area contributed by atoms with E-state index in [0.29, 0.717) is 48.9 Å². The maximum atomic E-state index is 13.5. The highest BCUT2D eigenvalue weighted by atomic mass is 19.4. The zero-order valence-electron chi connectivity index (χ0n) is 23.0. The van der Waals surface area contributed by atoms with Crippen LogP contribution in [0, 0.1) is 11.7 Å². The first-order valence-electron chi connectivity index (χ1n) is 13.4. The lowest BCUT2D eigenvalue weighted by molar-refractivity contribution is -0.136. The lowest BCUT2D eigenvalue weighted by Gasteiger charge is -2.32. The number of rotatable bonds is 8. The van der Waals surface area contributed by atoms with E-state index in [1.165, 1.54) is 19.2 Å². The smallest absolute Gasteiger partial charge is 0.405 e. The molecule has 1 fully saturated rings. The molecule has 1 saturated heterocycles. The van der Waals surface area contributed by atoms with Crippen molar-refractivity contribution in [3.8, 4) is 16.9 Å². The highest BCUT2D eigenvalue weighted by Gasteiger charge is 2.29. The van der Waals surface area contributed by atoms with E-state index in [9.17, 15) is 27.2 Å². The first-order valence-corrected chi connectivity index (χ1v) is 13.4. The Labute approximate surface area is 236 Å². The minimum absolute atomic E-state index is 0.0396. The molecule has 0 radical (unpaired) electrons. The number of benzene rings is 2. The van der Waals surface area contributed by atoms with Gasteiger partial charge in [0.25, 0.3) is 11.8 Å². The number of nitrogens with zero attached hydrogens (tertiary/aromatic N) is 1. The standard InChI is InChI=1S/C31H33F4N3O3/c1-20-24(4-3-5-26(20)29(39)37-19-31(33,34)35)18-36-17-21-12-14-38(15-13-21)30(40)23-8-6-22(7-9-23)27-11-10-25(32)16-28(27)41-2/h3,5-11,16,18,21,36H,4,12-15,17,19H2,1-2H3,(H,37,39)/b24-18+. The van der Waals surface area contributed by atoms with Crippen LogP contribution in [0.5, 0.6) is 5.75 Å². The van der Waals surface area contributed by atoms with Crippen LogP contribution in [0.15, 0.2) is 77.5 Å². The molecule has 218 valence electrons. The summed E-state index contributed by atoms with van der Waals surface area (Å²) in [6, 6.07) is 11.5. The van der Waals surface area contributed by atoms with E-state index in [2.05, 4.69) is 5.32 Å². The van der Waals surface area contributed by atoms with Crippen molar-refractivity contribution < 1.29 is 31.9 Å². The zero-order valence-corrected chi connectivity index (χ0v) is 23.0. The number of allylic oxidation sites excluding steroid dienone is 3. The second-order valence-electron chi connectivity index (χ2n) is 10.2. The van der Waals surface area contributed by atoms with Gasteiger partial charge in [0.15, 0.2) is 0 Å². The summed E-state index contributed by atoms with van der Waals surface area (Å²) in [4.78, 5) is 27.1. The topological polar surface area (TPSA) is 70.7 Å². The van der Waals surface area contributed by atoms with Gasteiger partial charge < -0.3 is 20.3 Å². The summed E-state index contributed by atoms with van der Waals surface area (Å²) in [5, 5.41) is 5.22. The number of nitrogens with one attached hydrogen (secondary N) is 2. The molecule has 0 unspecified atom stereocenters. The Morgan fingerprint density at radius 2 is 1.80 bits per heavy atom. The first kappa shape index (κ1) is 29.9. The Morgan fingerprint density at radius 1 is 1.10 bits per heavy atom. The molecule has 0 bridgehead atoms. The van der Waals surface area contributed by atoms with Gasteiger partial charge in [-0.05, 0) is 73.1 Å². The number of hydrogen-bond donors (Lipinski definition) is 2. The molecule has 10 heteroatoms. The lowest BCUT2D eigenvalue weighted by atomic mass is 9.93. The van der Waals surface area contributed by atoms with Crippen LogP contribution in [0.4, 0.5) is 17.6 Å². The van der Waals surface area contributed by atoms with E-state index in [1.807, 2.05) is 28.5 Å². The van der Waals surface area contributed by atoms with E-state index in [1.54, 1.807) is 37.3 Å². The zero-order chi connectivity index (χ0) is 29.6. The summed E-state index contributed by atoms with van der Waals surface area (Å²) >= 11 is 0. The van der Waals surface area contributed by atoms with Gasteiger partial charge in [0.1, 0.15) is 18.1 Å². The summed E-state index contributed by atoms with van der Waals surface area (Å²) < 4.78 is 56.2. The Morgan fingerprint density at radius 3 is 2.46 bits per heavy atom. The molecule has 0 atom stereocenters. The van der Waals surface area contributed by atoms with Crippen molar-refractivity contribution in [3.63, 3.8) is 0 Å². The molecule has 1 aliphatic heterocycles. The van der Waals surface area contributed by atoms with E-state index in [4.69, 9.17) is 4.74 Å². The van der Waals surface area contributed by atoms with Crippen molar-refractivity contribution >= 4 is 11.8 Å². The molecule has 6 nitrogen and oxygen atoms in total. The molecule has 0 aromatic heterocycles. The van der Waals surface area contributed by atoms with Crippen LogP contribution < -0.4 is 15.4 Å². The highest BCUT2D eigenvalue weighted by molar-refractivity contribution is 5.98. The molecular formula is C31H33F4N3O3. The van der Waals surface area contributed by atoms with Crippen molar-refractivity contribution in [2.45, 2.75) is 32.4 Å². The third-order valence-corrected chi connectivity index (χ3v) is 7.39. The summed E-state index contributed by atoms with van der Waals surface area (Å²) in [6.07, 6.45) is 2.90. The van der Waals surface area contributed by atoms with Gasteiger partial charge in [-0.1, -0.05) is 24.3 Å². The van der Waals surface area contributed by atoms with Gasteiger partial charge >= 0.3 is 6.18 Å². The SMILES string of the molecule is COc1cc(F)ccc1-c1ccc(C(=O)N2CCC(CN/C=C3\CC=CC(C(=O)NCC(F)(F)F)=C3C)CC2)cc1. The fraction of sp³-hybridized carbons (Fsp3) is 0.355. The molecule has 0 saturated carbocycles. The molecule has 2 aliphatic rings. The third kappa shape index (κ3) is 7.77. The Kier molecular flexibility index (Phi) is 9.52. The number of piperidine rings is 1. The number of likely N-dealkylation sites (tertiary alicyclic amines) is 1. The predicted molar refractivity (Wildman–Crippen MR) is 149 cm³/mol. The number of hydrogen-bond acceptors (Lipinski definition) is 4. The van der Waals surface area contributed by atoms with E-state index in [0.717, 1.165) is 29.5 Å². The Hall–Kier alpha value is -4.08. The second-order valence-corrected chi connectivity index (χ2v) is 10.2. The van der Waals surface area contributed by atoms with Gasteiger partial charge in [0.05, 0.1) is 7.11 Å². The summed E-state index contributed by atoms with van der Waals surface area (Å²) in [5.41, 5.74) is 3.86. The van der Waals surface area contributed by atoms with E-state index in [-0.39, 0.29) is 17.3 Å². The largest absolute Gasteiger partial charge is 0.496 e. The maximum Gasteiger partial charge on any atom is 0.405 e. The van der Waals surface area contributed by atoms with Gasteiger partial charge in [-0.3, -0.25) is 9.59 Å². The number of carbonyl (C=O) groups is 2. The molecule has 1 heterocycles. The Bertz CT molecular complexity index is 1360. The average molecular weight is 572 g/mol. The number of ether oxygens (including phenoxy) is 1. The van der Waals surface area contributed by atoms with Gasteiger partial charge in [-0.2, -0.15) is 13.2 Å². The van der Waals surface area contributed by atoms with E-state index < -0.39 is 18.6 Å². The molecule has 2 N–H and O–H groups in total. The molecule has 41 heavy (non-hydrogen) atoms. The van der Waals surface area contributed by atoms with Crippen LogP contribution in [0.25, 0.3) is 11.1 Å². The van der Waals surface area contributed by atoms with Crippen molar-refractivity contribution in [3.05, 3.63) is 88.9 Å². The number of amides is 2. The third-order valence-electron chi connectivity index (χ3n) is 7.39. The van der Waals surface area contributed by atoms with Gasteiger partial charge in [0.2, 0.25) is 0 Å². The highest BCUT2D eigenvalue weighted by Crippen LogP contribution is 2.31. The van der Waals surface area contributed by atoms with Crippen molar-refractivity contribution in [2.24, 2.45) is 5.92 Å². The van der Waals surface area contributed by atoms with Crippen LogP contribution >= 0.6 is 0 Å². The monoisotopic (exact) mass is 571 g/mol. The Balaban J connectivity index is 1.27. The summed E-state index contributed by atoms with van der Waals surface area (Å²) in [7, 11) is 1.49. The van der Waals surface area contributed by atoms with Crippen molar-refractivity contribution in [1.82, 2.24) is 15.5 Å².